The summed E-state index contributed by atoms with van der Waals surface area (Å²) in [5, 5.41) is 27.5. The highest BCUT2D eigenvalue weighted by atomic mass is 16.4. The van der Waals surface area contributed by atoms with Crippen molar-refractivity contribution < 1.29 is 15.3 Å². The predicted octanol–water partition coefficient (Wildman–Crippen LogP) is 1.11. The van der Waals surface area contributed by atoms with Gasteiger partial charge in [-0.3, -0.25) is 0 Å². The molecular formula is C12H16O3. The van der Waals surface area contributed by atoms with E-state index in [0.29, 0.717) is 5.56 Å². The second-order valence-electron chi connectivity index (χ2n) is 3.60. The van der Waals surface area contributed by atoms with Crippen LogP contribution in [-0.4, -0.2) is 28.0 Å². The van der Waals surface area contributed by atoms with Crippen molar-refractivity contribution in [1.29, 1.82) is 0 Å². The Hall–Kier alpha value is -1.16. The van der Waals surface area contributed by atoms with E-state index >= 15 is 0 Å². The smallest absolute Gasteiger partial charge is 0.107 e. The summed E-state index contributed by atoms with van der Waals surface area (Å²) < 4.78 is 0. The van der Waals surface area contributed by atoms with Gasteiger partial charge in [0.25, 0.3) is 0 Å². The van der Waals surface area contributed by atoms with Gasteiger partial charge in [0.05, 0.1) is 6.61 Å². The highest BCUT2D eigenvalue weighted by molar-refractivity contribution is 5.61. The lowest BCUT2D eigenvalue weighted by Gasteiger charge is -2.16. The predicted molar refractivity (Wildman–Crippen MR) is 59.2 cm³/mol. The van der Waals surface area contributed by atoms with Crippen molar-refractivity contribution in [2.45, 2.75) is 19.1 Å². The molecule has 3 heteroatoms. The lowest BCUT2D eigenvalue weighted by molar-refractivity contribution is -0.0152. The van der Waals surface area contributed by atoms with Gasteiger partial charge < -0.3 is 15.3 Å². The third-order valence-corrected chi connectivity index (χ3v) is 2.30. The van der Waals surface area contributed by atoms with Gasteiger partial charge in [0.2, 0.25) is 0 Å². The van der Waals surface area contributed by atoms with Crippen LogP contribution in [0.2, 0.25) is 0 Å². The average molecular weight is 208 g/mol. The van der Waals surface area contributed by atoms with Crippen LogP contribution in [0.4, 0.5) is 0 Å². The fourth-order valence-corrected chi connectivity index (χ4v) is 1.29. The van der Waals surface area contributed by atoms with E-state index in [1.54, 1.807) is 12.1 Å². The Bertz CT molecular complexity index is 329. The van der Waals surface area contributed by atoms with E-state index < -0.39 is 18.8 Å². The largest absolute Gasteiger partial charge is 0.394 e. The summed E-state index contributed by atoms with van der Waals surface area (Å²) in [4.78, 5) is 0. The molecule has 82 valence electrons. The number of benzene rings is 1. The second-order valence-corrected chi connectivity index (χ2v) is 3.60. The van der Waals surface area contributed by atoms with Crippen LogP contribution in [0, 0.1) is 0 Å². The van der Waals surface area contributed by atoms with Crippen molar-refractivity contribution in [3.63, 3.8) is 0 Å². The Morgan fingerprint density at radius 2 is 1.80 bits per heavy atom. The maximum Gasteiger partial charge on any atom is 0.107 e. The minimum atomic E-state index is -1.14. The molecule has 0 aromatic heterocycles. The summed E-state index contributed by atoms with van der Waals surface area (Å²) in [6, 6.07) is 7.08. The summed E-state index contributed by atoms with van der Waals surface area (Å²) in [5.41, 5.74) is 2.52. The van der Waals surface area contributed by atoms with Gasteiger partial charge in [-0.2, -0.15) is 0 Å². The first-order valence-corrected chi connectivity index (χ1v) is 4.79. The number of hydrogen-bond donors (Lipinski definition) is 3. The topological polar surface area (TPSA) is 60.7 Å². The van der Waals surface area contributed by atoms with Crippen LogP contribution >= 0.6 is 0 Å². The van der Waals surface area contributed by atoms with Crippen molar-refractivity contribution in [3.8, 4) is 0 Å². The molecule has 0 fully saturated rings. The number of aliphatic hydroxyl groups excluding tert-OH is 3. The maximum atomic E-state index is 9.59. The first kappa shape index (κ1) is 11.9. The molecule has 15 heavy (non-hydrogen) atoms. The van der Waals surface area contributed by atoms with Gasteiger partial charge >= 0.3 is 0 Å². The molecule has 0 amide bonds. The Balaban J connectivity index is 2.84. The molecule has 1 rings (SSSR count). The summed E-state index contributed by atoms with van der Waals surface area (Å²) in [5.74, 6) is 0. The van der Waals surface area contributed by atoms with E-state index in [9.17, 15) is 10.2 Å². The number of aliphatic hydroxyl groups is 3. The van der Waals surface area contributed by atoms with Crippen LogP contribution in [-0.2, 0) is 0 Å². The first-order chi connectivity index (χ1) is 7.06. The minimum Gasteiger partial charge on any atom is -0.394 e. The van der Waals surface area contributed by atoms with Gasteiger partial charge in [0.1, 0.15) is 12.2 Å². The fraction of sp³-hybridized carbons (Fsp3) is 0.333. The molecule has 3 nitrogen and oxygen atoms in total. The Morgan fingerprint density at radius 1 is 1.27 bits per heavy atom. The van der Waals surface area contributed by atoms with Gasteiger partial charge in [-0.25, -0.2) is 0 Å². The molecule has 3 N–H and O–H groups in total. The standard InChI is InChI=1S/C12H16O3/c1-8(2)9-3-5-10(6-4-9)12(15)11(14)7-13/h3-6,11-15H,1,7H2,2H3. The lowest BCUT2D eigenvalue weighted by Crippen LogP contribution is -2.21. The summed E-state index contributed by atoms with van der Waals surface area (Å²) in [6.45, 7) is 5.24. The van der Waals surface area contributed by atoms with Crippen molar-refractivity contribution in [2.75, 3.05) is 6.61 Å². The van der Waals surface area contributed by atoms with Crippen LogP contribution in [0.15, 0.2) is 30.8 Å². The molecule has 0 saturated carbocycles. The molecule has 0 bridgehead atoms. The minimum absolute atomic E-state index is 0.455. The molecule has 0 spiro atoms. The molecule has 2 atom stereocenters. The highest BCUT2D eigenvalue weighted by Gasteiger charge is 2.16. The summed E-state index contributed by atoms with van der Waals surface area (Å²) >= 11 is 0. The summed E-state index contributed by atoms with van der Waals surface area (Å²) in [7, 11) is 0. The molecule has 0 aliphatic carbocycles. The first-order valence-electron chi connectivity index (χ1n) is 4.79. The zero-order valence-electron chi connectivity index (χ0n) is 8.72. The Morgan fingerprint density at radius 3 is 2.20 bits per heavy atom. The van der Waals surface area contributed by atoms with Gasteiger partial charge in [0, 0.05) is 0 Å². The Labute approximate surface area is 89.3 Å². The SMILES string of the molecule is C=C(C)c1ccc(C(O)C(O)CO)cc1. The van der Waals surface area contributed by atoms with E-state index in [4.69, 9.17) is 5.11 Å². The number of allylic oxidation sites excluding steroid dienone is 1. The zero-order valence-corrected chi connectivity index (χ0v) is 8.72. The monoisotopic (exact) mass is 208 g/mol. The highest BCUT2D eigenvalue weighted by Crippen LogP contribution is 2.19. The molecule has 2 unspecified atom stereocenters. The van der Waals surface area contributed by atoms with E-state index in [0.717, 1.165) is 11.1 Å². The molecule has 1 aromatic carbocycles. The molecular weight excluding hydrogens is 192 g/mol. The van der Waals surface area contributed by atoms with Crippen LogP contribution in [0.25, 0.3) is 5.57 Å². The van der Waals surface area contributed by atoms with Crippen molar-refractivity contribution >= 4 is 5.57 Å². The van der Waals surface area contributed by atoms with Gasteiger partial charge in [-0.1, -0.05) is 36.4 Å². The van der Waals surface area contributed by atoms with Crippen molar-refractivity contribution in [3.05, 3.63) is 42.0 Å². The molecule has 0 heterocycles. The van der Waals surface area contributed by atoms with Crippen molar-refractivity contribution in [1.82, 2.24) is 0 Å². The van der Waals surface area contributed by atoms with E-state index in [-0.39, 0.29) is 0 Å². The van der Waals surface area contributed by atoms with Crippen molar-refractivity contribution in [2.24, 2.45) is 0 Å². The fourth-order valence-electron chi connectivity index (χ4n) is 1.29. The van der Waals surface area contributed by atoms with Crippen LogP contribution in [0.3, 0.4) is 0 Å². The maximum absolute atomic E-state index is 9.59. The quantitative estimate of drug-likeness (QED) is 0.694. The molecule has 0 saturated heterocycles. The average Bonchev–Trinajstić information content (AvgIpc) is 2.27. The molecule has 1 aromatic rings. The second kappa shape index (κ2) is 5.07. The molecule has 0 aliphatic heterocycles. The van der Waals surface area contributed by atoms with E-state index in [2.05, 4.69) is 6.58 Å². The van der Waals surface area contributed by atoms with Gasteiger partial charge in [-0.05, 0) is 18.1 Å². The van der Waals surface area contributed by atoms with E-state index in [1.165, 1.54) is 0 Å². The van der Waals surface area contributed by atoms with E-state index in [1.807, 2.05) is 19.1 Å². The zero-order chi connectivity index (χ0) is 11.4. The van der Waals surface area contributed by atoms with Crippen LogP contribution < -0.4 is 0 Å². The van der Waals surface area contributed by atoms with Crippen LogP contribution in [0.1, 0.15) is 24.2 Å². The summed E-state index contributed by atoms with van der Waals surface area (Å²) in [6.07, 6.45) is -2.19. The van der Waals surface area contributed by atoms with Gasteiger partial charge in [-0.15, -0.1) is 0 Å². The third-order valence-electron chi connectivity index (χ3n) is 2.30. The normalized spacial score (nSPS) is 14.7. The molecule has 0 radical (unpaired) electrons. The lowest BCUT2D eigenvalue weighted by atomic mass is 10.0. The molecule has 0 aliphatic rings. The number of rotatable bonds is 4. The van der Waals surface area contributed by atoms with Gasteiger partial charge in [0.15, 0.2) is 0 Å². The number of hydrogen-bond acceptors (Lipinski definition) is 3. The third kappa shape index (κ3) is 2.89. The Kier molecular flexibility index (Phi) is 4.03. The van der Waals surface area contributed by atoms with Crippen LogP contribution in [0.5, 0.6) is 0 Å².